The van der Waals surface area contributed by atoms with Gasteiger partial charge in [-0.1, -0.05) is 263 Å². The van der Waals surface area contributed by atoms with Crippen molar-refractivity contribution in [2.75, 3.05) is 13.2 Å². The Morgan fingerprint density at radius 3 is 1.11 bits per heavy atom. The lowest BCUT2D eigenvalue weighted by atomic mass is 10.0. The maximum Gasteiger partial charge on any atom is 0.305 e. The molecule has 2 atom stereocenters. The van der Waals surface area contributed by atoms with Gasteiger partial charge in [0.2, 0.25) is 5.91 Å². The number of hydrogen-bond acceptors (Lipinski definition) is 5. The van der Waals surface area contributed by atoms with Crippen LogP contribution in [0.1, 0.15) is 309 Å². The van der Waals surface area contributed by atoms with Crippen LogP contribution in [0.25, 0.3) is 0 Å². The maximum atomic E-state index is 12.5. The fourth-order valence-corrected chi connectivity index (χ4v) is 8.81. The van der Waals surface area contributed by atoms with Gasteiger partial charge in [-0.15, -0.1) is 0 Å². The van der Waals surface area contributed by atoms with Gasteiger partial charge in [0, 0.05) is 12.8 Å². The van der Waals surface area contributed by atoms with Crippen molar-refractivity contribution in [3.05, 3.63) is 24.3 Å². The smallest absolute Gasteiger partial charge is 0.305 e. The summed E-state index contributed by atoms with van der Waals surface area (Å²) in [7, 11) is 0. The Hall–Kier alpha value is -1.66. The first kappa shape index (κ1) is 62.3. The van der Waals surface area contributed by atoms with Gasteiger partial charge in [-0.25, -0.2) is 0 Å². The van der Waals surface area contributed by atoms with E-state index < -0.39 is 12.1 Å². The number of aliphatic hydroxyl groups excluding tert-OH is 2. The molecule has 0 radical (unpaired) electrons. The van der Waals surface area contributed by atoms with Crippen LogP contribution in [0.5, 0.6) is 0 Å². The van der Waals surface area contributed by atoms with E-state index in [1.165, 1.54) is 199 Å². The molecule has 0 spiro atoms. The SMILES string of the molecule is CCCCCCCCCCCCCCCCCCCC/C=C/C(O)C(CO)NC(=O)CCCCCCC/C=C\CCCCOC(=O)CCCCCCCCCCCCCCCCCC. The zero-order chi connectivity index (χ0) is 46.5. The van der Waals surface area contributed by atoms with Gasteiger partial charge in [0.25, 0.3) is 0 Å². The number of allylic oxidation sites excluding steroid dienone is 3. The van der Waals surface area contributed by atoms with E-state index in [-0.39, 0.29) is 18.5 Å². The number of ether oxygens (including phenoxy) is 1. The molecule has 0 aromatic carbocycles. The van der Waals surface area contributed by atoms with Gasteiger partial charge in [-0.05, 0) is 57.8 Å². The molecule has 378 valence electrons. The van der Waals surface area contributed by atoms with Crippen molar-refractivity contribution in [3.8, 4) is 0 Å². The number of hydrogen-bond donors (Lipinski definition) is 3. The van der Waals surface area contributed by atoms with Crippen LogP contribution in [0.15, 0.2) is 24.3 Å². The Morgan fingerprint density at radius 1 is 0.422 bits per heavy atom. The number of unbranched alkanes of at least 4 members (excludes halogenated alkanes) is 40. The highest BCUT2D eigenvalue weighted by molar-refractivity contribution is 5.76. The number of nitrogens with one attached hydrogen (secondary N) is 1. The number of amides is 1. The van der Waals surface area contributed by atoms with Crippen LogP contribution in [0.2, 0.25) is 0 Å². The molecule has 0 aliphatic carbocycles. The monoisotopic (exact) mass is 902 g/mol. The summed E-state index contributed by atoms with van der Waals surface area (Å²) in [5.41, 5.74) is 0. The van der Waals surface area contributed by atoms with E-state index >= 15 is 0 Å². The summed E-state index contributed by atoms with van der Waals surface area (Å²) in [4.78, 5) is 24.5. The van der Waals surface area contributed by atoms with Crippen LogP contribution < -0.4 is 5.32 Å². The third-order valence-electron chi connectivity index (χ3n) is 13.2. The van der Waals surface area contributed by atoms with Gasteiger partial charge in [-0.2, -0.15) is 0 Å². The van der Waals surface area contributed by atoms with Gasteiger partial charge < -0.3 is 20.3 Å². The van der Waals surface area contributed by atoms with Crippen molar-refractivity contribution in [3.63, 3.8) is 0 Å². The second kappa shape index (κ2) is 54.0. The summed E-state index contributed by atoms with van der Waals surface area (Å²) in [5.74, 6) is -0.123. The molecule has 0 aliphatic rings. The molecule has 1 amide bonds. The summed E-state index contributed by atoms with van der Waals surface area (Å²) in [6, 6.07) is -0.649. The topological polar surface area (TPSA) is 95.9 Å². The molecule has 0 aromatic heterocycles. The molecule has 0 saturated heterocycles. The van der Waals surface area contributed by atoms with Crippen LogP contribution in [0.3, 0.4) is 0 Å². The molecule has 0 aromatic rings. The maximum absolute atomic E-state index is 12.5. The predicted molar refractivity (Wildman–Crippen MR) is 278 cm³/mol. The fourth-order valence-electron chi connectivity index (χ4n) is 8.81. The Labute approximate surface area is 399 Å². The molecule has 64 heavy (non-hydrogen) atoms. The average Bonchev–Trinajstić information content (AvgIpc) is 3.29. The highest BCUT2D eigenvalue weighted by atomic mass is 16.5. The molecular weight excluding hydrogens is 791 g/mol. The number of carbonyl (C=O) groups is 2. The highest BCUT2D eigenvalue weighted by Gasteiger charge is 2.18. The second-order valence-corrected chi connectivity index (χ2v) is 19.6. The van der Waals surface area contributed by atoms with Crippen molar-refractivity contribution in [2.24, 2.45) is 0 Å². The zero-order valence-electron chi connectivity index (χ0n) is 43.0. The lowest BCUT2D eigenvalue weighted by Gasteiger charge is -2.20. The first-order valence-electron chi connectivity index (χ1n) is 28.6. The summed E-state index contributed by atoms with van der Waals surface area (Å²) < 4.78 is 5.45. The van der Waals surface area contributed by atoms with Crippen molar-refractivity contribution in [1.29, 1.82) is 0 Å². The summed E-state index contributed by atoms with van der Waals surface area (Å²) in [5, 5.41) is 23.1. The van der Waals surface area contributed by atoms with Crippen molar-refractivity contribution < 1.29 is 24.5 Å². The molecule has 0 rings (SSSR count). The molecule has 0 bridgehead atoms. The van der Waals surface area contributed by atoms with Gasteiger partial charge in [0.05, 0.1) is 25.4 Å². The molecule has 2 unspecified atom stereocenters. The van der Waals surface area contributed by atoms with Crippen LogP contribution in [-0.2, 0) is 14.3 Å². The van der Waals surface area contributed by atoms with Crippen molar-refractivity contribution in [2.45, 2.75) is 321 Å². The van der Waals surface area contributed by atoms with E-state index in [4.69, 9.17) is 4.74 Å². The highest BCUT2D eigenvalue weighted by Crippen LogP contribution is 2.17. The van der Waals surface area contributed by atoms with Crippen LogP contribution in [0, 0.1) is 0 Å². The minimum atomic E-state index is -0.863. The van der Waals surface area contributed by atoms with E-state index in [1.807, 2.05) is 6.08 Å². The Bertz CT molecular complexity index is 997. The molecule has 0 heterocycles. The zero-order valence-corrected chi connectivity index (χ0v) is 43.0. The Morgan fingerprint density at radius 2 is 0.734 bits per heavy atom. The summed E-state index contributed by atoms with van der Waals surface area (Å²) in [6.45, 7) is 4.85. The molecule has 0 fully saturated rings. The van der Waals surface area contributed by atoms with Crippen LogP contribution >= 0.6 is 0 Å². The number of esters is 1. The number of aliphatic hydroxyl groups is 2. The molecule has 3 N–H and O–H groups in total. The number of rotatable bonds is 53. The number of carbonyl (C=O) groups excluding carboxylic acids is 2. The lowest BCUT2D eigenvalue weighted by Crippen LogP contribution is -2.45. The largest absolute Gasteiger partial charge is 0.466 e. The molecule has 0 saturated carbocycles. The molecule has 0 aliphatic heterocycles. The second-order valence-electron chi connectivity index (χ2n) is 19.6. The van der Waals surface area contributed by atoms with Gasteiger partial charge in [0.15, 0.2) is 0 Å². The van der Waals surface area contributed by atoms with Gasteiger partial charge >= 0.3 is 5.97 Å². The minimum Gasteiger partial charge on any atom is -0.466 e. The average molecular weight is 903 g/mol. The Kier molecular flexibility index (Phi) is 52.6. The fraction of sp³-hybridized carbons (Fsp3) is 0.897. The molecule has 6 heteroatoms. The first-order chi connectivity index (χ1) is 31.5. The van der Waals surface area contributed by atoms with E-state index in [1.54, 1.807) is 6.08 Å². The van der Waals surface area contributed by atoms with E-state index in [0.717, 1.165) is 83.5 Å². The quantitative estimate of drug-likeness (QED) is 0.0321. The van der Waals surface area contributed by atoms with Crippen molar-refractivity contribution in [1.82, 2.24) is 5.32 Å². The Balaban J connectivity index is 3.53. The lowest BCUT2D eigenvalue weighted by molar-refractivity contribution is -0.143. The van der Waals surface area contributed by atoms with E-state index in [2.05, 4.69) is 31.3 Å². The third-order valence-corrected chi connectivity index (χ3v) is 13.2. The van der Waals surface area contributed by atoms with Crippen LogP contribution in [0.4, 0.5) is 0 Å². The normalized spacial score (nSPS) is 12.8. The van der Waals surface area contributed by atoms with Crippen molar-refractivity contribution >= 4 is 11.9 Å². The van der Waals surface area contributed by atoms with Gasteiger partial charge in [0.1, 0.15) is 0 Å². The minimum absolute atomic E-state index is 0.0291. The molecular formula is C58H111NO5. The van der Waals surface area contributed by atoms with E-state index in [0.29, 0.717) is 19.4 Å². The third kappa shape index (κ3) is 49.8. The first-order valence-corrected chi connectivity index (χ1v) is 28.6. The summed E-state index contributed by atoms with van der Waals surface area (Å²) in [6.07, 6.45) is 64.8. The summed E-state index contributed by atoms with van der Waals surface area (Å²) >= 11 is 0. The predicted octanol–water partition coefficient (Wildman–Crippen LogP) is 17.5. The molecule has 6 nitrogen and oxygen atoms in total. The standard InChI is InChI=1S/C58H111NO5/c1-3-5-7-9-11-13-15-17-19-21-22-23-24-25-27-30-34-38-42-46-50-56(61)55(54-60)59-57(62)51-47-43-39-35-31-29-33-37-41-45-49-53-64-58(63)52-48-44-40-36-32-28-26-20-18-16-14-12-10-8-6-4-2/h33,37,46,50,55-56,60-61H,3-32,34-36,38-45,47-49,51-54H2,1-2H3,(H,59,62)/b37-33-,50-46+. The van der Waals surface area contributed by atoms with Crippen LogP contribution in [-0.4, -0.2) is 47.4 Å². The van der Waals surface area contributed by atoms with E-state index in [9.17, 15) is 19.8 Å². The van der Waals surface area contributed by atoms with Gasteiger partial charge in [-0.3, -0.25) is 9.59 Å².